The first kappa shape index (κ1) is 11.1. The van der Waals surface area contributed by atoms with Crippen LogP contribution in [0, 0.1) is 0 Å². The maximum absolute atomic E-state index is 5.99. The van der Waals surface area contributed by atoms with E-state index in [0.29, 0.717) is 16.0 Å². The zero-order valence-electron chi connectivity index (χ0n) is 7.17. The second-order valence-electron chi connectivity index (χ2n) is 2.65. The van der Waals surface area contributed by atoms with Gasteiger partial charge in [-0.15, -0.1) is 0 Å². The van der Waals surface area contributed by atoms with Crippen molar-refractivity contribution in [3.05, 3.63) is 32.8 Å². The van der Waals surface area contributed by atoms with Crippen molar-refractivity contribution in [3.63, 3.8) is 0 Å². The quantitative estimate of drug-likeness (QED) is 0.892. The van der Waals surface area contributed by atoms with Crippen molar-refractivity contribution in [2.45, 2.75) is 0 Å². The molecule has 2 aromatic rings. The molecule has 0 radical (unpaired) electrons. The Morgan fingerprint density at radius 2 is 2.07 bits per heavy atom. The first-order chi connectivity index (χ1) is 7.16. The highest BCUT2D eigenvalue weighted by Crippen LogP contribution is 2.30. The summed E-state index contributed by atoms with van der Waals surface area (Å²) in [6.07, 6.45) is 0. The summed E-state index contributed by atoms with van der Waals surface area (Å²) in [4.78, 5) is 0. The molecule has 3 nitrogen and oxygen atoms in total. The van der Waals surface area contributed by atoms with Crippen LogP contribution in [-0.4, -0.2) is 8.75 Å². The number of nitrogens with one attached hydrogen (secondary N) is 1. The minimum atomic E-state index is 0.344. The molecule has 78 valence electrons. The number of aromatic nitrogens is 2. The number of hydrogen-bond acceptors (Lipinski definition) is 4. The Labute approximate surface area is 109 Å². The van der Waals surface area contributed by atoms with Crippen LogP contribution in [0.2, 0.25) is 10.2 Å². The number of anilines is 2. The van der Waals surface area contributed by atoms with E-state index >= 15 is 0 Å². The molecule has 0 spiro atoms. The summed E-state index contributed by atoms with van der Waals surface area (Å²) in [7, 11) is 0. The summed E-state index contributed by atoms with van der Waals surface area (Å²) in [6.45, 7) is 0. The molecule has 1 aromatic heterocycles. The monoisotopic (exact) mass is 323 g/mol. The van der Waals surface area contributed by atoms with Crippen LogP contribution in [-0.2, 0) is 0 Å². The lowest BCUT2D eigenvalue weighted by molar-refractivity contribution is 1.44. The highest BCUT2D eigenvalue weighted by atomic mass is 79.9. The molecule has 0 amide bonds. The van der Waals surface area contributed by atoms with E-state index in [-0.39, 0.29) is 0 Å². The molecule has 1 N–H and O–H groups in total. The summed E-state index contributed by atoms with van der Waals surface area (Å²) in [5, 5.41) is 3.95. The summed E-state index contributed by atoms with van der Waals surface area (Å²) in [5.74, 6) is 0.515. The molecular formula is C8H4BrCl2N3S. The Morgan fingerprint density at radius 3 is 2.73 bits per heavy atom. The predicted molar refractivity (Wildman–Crippen MR) is 67.4 cm³/mol. The summed E-state index contributed by atoms with van der Waals surface area (Å²) >= 11 is 16.2. The SMILES string of the molecule is Clc1ccc(Br)cc1Nc1nsnc1Cl. The minimum absolute atomic E-state index is 0.344. The lowest BCUT2D eigenvalue weighted by Gasteiger charge is -2.05. The fraction of sp³-hybridized carbons (Fsp3) is 0. The average molecular weight is 325 g/mol. The topological polar surface area (TPSA) is 37.8 Å². The van der Waals surface area contributed by atoms with Crippen LogP contribution in [0.3, 0.4) is 0 Å². The Hall–Kier alpha value is -0.360. The third-order valence-corrected chi connectivity index (χ3v) is 3.34. The van der Waals surface area contributed by atoms with Crippen molar-refractivity contribution in [2.24, 2.45) is 0 Å². The van der Waals surface area contributed by atoms with Crippen molar-refractivity contribution in [3.8, 4) is 0 Å². The van der Waals surface area contributed by atoms with Gasteiger partial charge < -0.3 is 5.32 Å². The van der Waals surface area contributed by atoms with Gasteiger partial charge in [-0.2, -0.15) is 8.75 Å². The number of halogens is 3. The van der Waals surface area contributed by atoms with Crippen LogP contribution in [0.1, 0.15) is 0 Å². The standard InChI is InChI=1S/C8H4BrCl2N3S/c9-4-1-2-5(10)6(3-4)12-8-7(11)13-15-14-8/h1-3H,(H,12,14). The molecule has 7 heteroatoms. The van der Waals surface area contributed by atoms with Crippen molar-refractivity contribution >= 4 is 62.4 Å². The van der Waals surface area contributed by atoms with Gasteiger partial charge in [0.2, 0.25) is 0 Å². The fourth-order valence-corrected chi connectivity index (χ4v) is 2.14. The molecule has 1 aromatic carbocycles. The van der Waals surface area contributed by atoms with Crippen LogP contribution >= 0.6 is 50.9 Å². The molecule has 15 heavy (non-hydrogen) atoms. The van der Waals surface area contributed by atoms with Gasteiger partial charge in [-0.25, -0.2) is 0 Å². The van der Waals surface area contributed by atoms with Crippen molar-refractivity contribution in [2.75, 3.05) is 5.32 Å². The Morgan fingerprint density at radius 1 is 1.27 bits per heavy atom. The van der Waals surface area contributed by atoms with Gasteiger partial charge in [0.15, 0.2) is 11.0 Å². The molecule has 2 rings (SSSR count). The highest BCUT2D eigenvalue weighted by Gasteiger charge is 2.07. The molecule has 0 bridgehead atoms. The third kappa shape index (κ3) is 2.60. The minimum Gasteiger partial charge on any atom is -0.335 e. The first-order valence-corrected chi connectivity index (χ1v) is 6.15. The van der Waals surface area contributed by atoms with Crippen LogP contribution in [0.15, 0.2) is 22.7 Å². The summed E-state index contributed by atoms with van der Waals surface area (Å²) < 4.78 is 8.76. The van der Waals surface area contributed by atoms with Crippen molar-refractivity contribution in [1.29, 1.82) is 0 Å². The van der Waals surface area contributed by atoms with Gasteiger partial charge in [0.05, 0.1) is 22.4 Å². The van der Waals surface area contributed by atoms with Crippen molar-refractivity contribution in [1.82, 2.24) is 8.75 Å². The van der Waals surface area contributed by atoms with Gasteiger partial charge in [0.1, 0.15) is 0 Å². The maximum atomic E-state index is 5.99. The van der Waals surface area contributed by atoms with E-state index in [4.69, 9.17) is 23.2 Å². The highest BCUT2D eigenvalue weighted by molar-refractivity contribution is 9.10. The molecule has 0 aliphatic carbocycles. The summed E-state index contributed by atoms with van der Waals surface area (Å²) in [6, 6.07) is 5.48. The second kappa shape index (κ2) is 4.65. The molecule has 0 aliphatic rings. The van der Waals surface area contributed by atoms with Gasteiger partial charge in [-0.3, -0.25) is 0 Å². The Bertz CT molecular complexity index is 488. The Kier molecular flexibility index (Phi) is 3.45. The normalized spacial score (nSPS) is 10.3. The maximum Gasteiger partial charge on any atom is 0.187 e. The smallest absolute Gasteiger partial charge is 0.187 e. The van der Waals surface area contributed by atoms with Gasteiger partial charge in [-0.1, -0.05) is 39.1 Å². The molecule has 0 saturated heterocycles. The number of benzene rings is 1. The molecule has 0 fully saturated rings. The van der Waals surface area contributed by atoms with E-state index in [0.717, 1.165) is 21.9 Å². The van der Waals surface area contributed by atoms with Crippen LogP contribution in [0.4, 0.5) is 11.5 Å². The van der Waals surface area contributed by atoms with Gasteiger partial charge in [0.25, 0.3) is 0 Å². The third-order valence-electron chi connectivity index (χ3n) is 1.63. The molecular weight excluding hydrogens is 321 g/mol. The molecule has 0 saturated carbocycles. The average Bonchev–Trinajstić information content (AvgIpc) is 2.58. The van der Waals surface area contributed by atoms with E-state index < -0.39 is 0 Å². The zero-order chi connectivity index (χ0) is 10.8. The fourth-order valence-electron chi connectivity index (χ4n) is 0.973. The van der Waals surface area contributed by atoms with Crippen molar-refractivity contribution < 1.29 is 0 Å². The van der Waals surface area contributed by atoms with E-state index in [1.807, 2.05) is 12.1 Å². The largest absolute Gasteiger partial charge is 0.335 e. The number of nitrogens with zero attached hydrogens (tertiary/aromatic N) is 2. The second-order valence-corrected chi connectivity index (χ2v) is 4.86. The lowest BCUT2D eigenvalue weighted by Crippen LogP contribution is -1.91. The molecule has 0 unspecified atom stereocenters. The van der Waals surface area contributed by atoms with Gasteiger partial charge in [0, 0.05) is 4.47 Å². The van der Waals surface area contributed by atoms with Crippen LogP contribution in [0.5, 0.6) is 0 Å². The Balaban J connectivity index is 2.32. The zero-order valence-corrected chi connectivity index (χ0v) is 11.1. The molecule has 0 aliphatic heterocycles. The van der Waals surface area contributed by atoms with Gasteiger partial charge >= 0.3 is 0 Å². The van der Waals surface area contributed by atoms with E-state index in [1.165, 1.54) is 0 Å². The van der Waals surface area contributed by atoms with Crippen LogP contribution < -0.4 is 5.32 Å². The summed E-state index contributed by atoms with van der Waals surface area (Å²) in [5.41, 5.74) is 0.737. The first-order valence-electron chi connectivity index (χ1n) is 3.87. The van der Waals surface area contributed by atoms with Gasteiger partial charge in [-0.05, 0) is 18.2 Å². The van der Waals surface area contributed by atoms with Crippen LogP contribution in [0.25, 0.3) is 0 Å². The van der Waals surface area contributed by atoms with E-state index in [9.17, 15) is 0 Å². The molecule has 1 heterocycles. The van der Waals surface area contributed by atoms with E-state index in [1.54, 1.807) is 6.07 Å². The van der Waals surface area contributed by atoms with E-state index in [2.05, 4.69) is 30.0 Å². The number of hydrogen-bond donors (Lipinski definition) is 1. The lowest BCUT2D eigenvalue weighted by atomic mass is 10.3. The molecule has 0 atom stereocenters. The predicted octanol–water partition coefficient (Wildman–Crippen LogP) is 4.35. The number of rotatable bonds is 2.